The summed E-state index contributed by atoms with van der Waals surface area (Å²) in [5, 5.41) is 1.39. The number of likely N-dealkylation sites (N-methyl/N-ethyl adjacent to an activating group) is 1. The van der Waals surface area contributed by atoms with E-state index in [4.69, 9.17) is 19.0 Å². The van der Waals surface area contributed by atoms with E-state index >= 15 is 0 Å². The third-order valence-corrected chi connectivity index (χ3v) is 4.26. The maximum absolute atomic E-state index is 14.7. The molecule has 120 valence electrons. The Morgan fingerprint density at radius 3 is 2.52 bits per heavy atom. The summed E-state index contributed by atoms with van der Waals surface area (Å²) in [5.74, 6) is -6.13. The average molecular weight is 307 g/mol. The van der Waals surface area contributed by atoms with Crippen LogP contribution in [0.4, 0.5) is 8.78 Å². The highest BCUT2D eigenvalue weighted by Gasteiger charge is 2.70. The van der Waals surface area contributed by atoms with Crippen LogP contribution in [0, 0.1) is 5.92 Å². The van der Waals surface area contributed by atoms with Crippen LogP contribution in [0.25, 0.3) is 0 Å². The van der Waals surface area contributed by atoms with Crippen LogP contribution in [0.3, 0.4) is 0 Å². The van der Waals surface area contributed by atoms with Crippen LogP contribution in [-0.2, 0) is 23.8 Å². The largest absolute Gasteiger partial charge is 0.453 e. The first kappa shape index (κ1) is 15.1. The Bertz CT molecular complexity index is 458. The van der Waals surface area contributed by atoms with Crippen molar-refractivity contribution < 1.29 is 32.6 Å². The lowest BCUT2D eigenvalue weighted by Crippen LogP contribution is -2.65. The number of rotatable bonds is 1. The number of carbonyl (C=O) groups excluding carboxylic acids is 1. The number of halogens is 2. The van der Waals surface area contributed by atoms with Gasteiger partial charge in [-0.3, -0.25) is 9.63 Å². The lowest BCUT2D eigenvalue weighted by Gasteiger charge is -2.44. The number of hydroxylamine groups is 2. The predicted octanol–water partition coefficient (Wildman–Crippen LogP) is 0.949. The summed E-state index contributed by atoms with van der Waals surface area (Å²) in [6.07, 6.45) is -3.33. The summed E-state index contributed by atoms with van der Waals surface area (Å²) in [7, 11) is 1.60. The molecule has 3 fully saturated rings. The molecular formula is C13H19F2NO5. The summed E-state index contributed by atoms with van der Waals surface area (Å²) in [6, 6.07) is -0.640. The van der Waals surface area contributed by atoms with Crippen molar-refractivity contribution in [2.24, 2.45) is 5.92 Å². The van der Waals surface area contributed by atoms with Crippen molar-refractivity contribution in [2.75, 3.05) is 13.7 Å². The Kier molecular flexibility index (Phi) is 3.29. The molecule has 0 spiro atoms. The number of esters is 1. The molecule has 3 aliphatic rings. The van der Waals surface area contributed by atoms with Gasteiger partial charge in [-0.15, -0.1) is 0 Å². The number of fused-ring (bicyclic) bond motifs is 3. The van der Waals surface area contributed by atoms with Gasteiger partial charge in [0.2, 0.25) is 0 Å². The number of nitrogens with zero attached hydrogens (tertiary/aromatic N) is 1. The van der Waals surface area contributed by atoms with Crippen LogP contribution in [0.5, 0.6) is 0 Å². The van der Waals surface area contributed by atoms with Gasteiger partial charge < -0.3 is 14.2 Å². The second kappa shape index (κ2) is 4.58. The number of ether oxygens (including phenoxy) is 3. The van der Waals surface area contributed by atoms with Crippen molar-refractivity contribution in [3.05, 3.63) is 0 Å². The highest BCUT2D eigenvalue weighted by atomic mass is 19.3. The molecule has 0 N–H and O–H groups in total. The lowest BCUT2D eigenvalue weighted by molar-refractivity contribution is -0.235. The number of carbonyl (C=O) groups is 1. The molecule has 0 radical (unpaired) electrons. The monoisotopic (exact) mass is 307 g/mol. The highest BCUT2D eigenvalue weighted by Crippen LogP contribution is 2.51. The molecule has 1 aliphatic carbocycles. The van der Waals surface area contributed by atoms with Crippen LogP contribution >= 0.6 is 0 Å². The normalized spacial score (nSPS) is 44.2. The van der Waals surface area contributed by atoms with E-state index in [9.17, 15) is 13.6 Å². The van der Waals surface area contributed by atoms with E-state index in [0.717, 1.165) is 6.92 Å². The van der Waals surface area contributed by atoms with Crippen molar-refractivity contribution in [1.82, 2.24) is 5.06 Å². The molecule has 0 aromatic carbocycles. The molecule has 2 aliphatic heterocycles. The summed E-state index contributed by atoms with van der Waals surface area (Å²) >= 11 is 0. The van der Waals surface area contributed by atoms with Gasteiger partial charge in [-0.05, 0) is 13.8 Å². The minimum atomic E-state index is -3.24. The van der Waals surface area contributed by atoms with Crippen LogP contribution in [0.1, 0.15) is 20.8 Å². The smallest absolute Gasteiger partial charge is 0.303 e. The molecule has 2 heterocycles. The van der Waals surface area contributed by atoms with Gasteiger partial charge in [-0.25, -0.2) is 8.78 Å². The van der Waals surface area contributed by atoms with Crippen LogP contribution < -0.4 is 0 Å². The Morgan fingerprint density at radius 2 is 1.90 bits per heavy atom. The zero-order valence-corrected chi connectivity index (χ0v) is 12.3. The third-order valence-electron chi connectivity index (χ3n) is 4.26. The number of hydrogen-bond acceptors (Lipinski definition) is 6. The second-order valence-electron chi connectivity index (χ2n) is 6.21. The van der Waals surface area contributed by atoms with Crippen LogP contribution in [-0.4, -0.2) is 60.8 Å². The van der Waals surface area contributed by atoms with Gasteiger partial charge in [0.1, 0.15) is 12.2 Å². The molecule has 5 atom stereocenters. The van der Waals surface area contributed by atoms with Crippen molar-refractivity contribution in [1.29, 1.82) is 0 Å². The van der Waals surface area contributed by atoms with Gasteiger partial charge in [-0.2, -0.15) is 5.06 Å². The summed E-state index contributed by atoms with van der Waals surface area (Å²) in [6.45, 7) is 4.27. The third kappa shape index (κ3) is 2.25. The van der Waals surface area contributed by atoms with Crippen molar-refractivity contribution >= 4 is 5.97 Å². The molecule has 0 unspecified atom stereocenters. The molecule has 2 saturated heterocycles. The first-order valence-corrected chi connectivity index (χ1v) is 6.90. The fourth-order valence-corrected chi connectivity index (χ4v) is 3.48. The summed E-state index contributed by atoms with van der Waals surface area (Å²) in [4.78, 5) is 16.5. The second-order valence-corrected chi connectivity index (χ2v) is 6.21. The number of alkyl halides is 2. The lowest BCUT2D eigenvalue weighted by atomic mass is 9.77. The van der Waals surface area contributed by atoms with Crippen LogP contribution in [0.15, 0.2) is 0 Å². The molecule has 6 nitrogen and oxygen atoms in total. The SMILES string of the molecule is CC(=O)O[C@H]1[C@@H]2OC(C)(C)O[C@@H]2[C@@H]2[C@@H](CON2C)C1(F)F. The van der Waals surface area contributed by atoms with E-state index in [0.29, 0.717) is 0 Å². The van der Waals surface area contributed by atoms with E-state index in [2.05, 4.69) is 0 Å². The first-order chi connectivity index (χ1) is 9.63. The maximum Gasteiger partial charge on any atom is 0.303 e. The quantitative estimate of drug-likeness (QED) is 0.672. The van der Waals surface area contributed by atoms with Crippen molar-refractivity contribution in [2.45, 2.75) is 56.8 Å². The van der Waals surface area contributed by atoms with E-state index in [-0.39, 0.29) is 6.61 Å². The molecule has 8 heteroatoms. The molecule has 21 heavy (non-hydrogen) atoms. The van der Waals surface area contributed by atoms with Gasteiger partial charge in [0, 0.05) is 14.0 Å². The molecular weight excluding hydrogens is 288 g/mol. The summed E-state index contributed by atoms with van der Waals surface area (Å²) in [5.41, 5.74) is 0. The Hall–Kier alpha value is -0.830. The van der Waals surface area contributed by atoms with Crippen LogP contribution in [0.2, 0.25) is 0 Å². The highest BCUT2D eigenvalue weighted by molar-refractivity contribution is 5.66. The molecule has 3 rings (SSSR count). The van der Waals surface area contributed by atoms with Gasteiger partial charge in [-0.1, -0.05) is 0 Å². The fraction of sp³-hybridized carbons (Fsp3) is 0.923. The standard InChI is InChI=1S/C13H19F2NO5/c1-6(17)19-11-10-9(20-12(2,3)21-10)8-7(13(11,14)15)5-18-16(8)4/h7-11H,5H2,1-4H3/t7-,8+,9-,10-,11+/m1/s1. The van der Waals surface area contributed by atoms with Crippen molar-refractivity contribution in [3.63, 3.8) is 0 Å². The predicted molar refractivity (Wildman–Crippen MR) is 65.3 cm³/mol. The van der Waals surface area contributed by atoms with Gasteiger partial charge in [0.25, 0.3) is 5.92 Å². The molecule has 0 aromatic rings. The first-order valence-electron chi connectivity index (χ1n) is 6.90. The van der Waals surface area contributed by atoms with E-state index in [1.54, 1.807) is 20.9 Å². The van der Waals surface area contributed by atoms with Gasteiger partial charge >= 0.3 is 5.97 Å². The fourth-order valence-electron chi connectivity index (χ4n) is 3.48. The topological polar surface area (TPSA) is 57.2 Å². The molecule has 0 bridgehead atoms. The zero-order chi connectivity index (χ0) is 15.6. The molecule has 0 aromatic heterocycles. The minimum Gasteiger partial charge on any atom is -0.453 e. The van der Waals surface area contributed by atoms with E-state index < -0.39 is 48.0 Å². The average Bonchev–Trinajstić information content (AvgIpc) is 2.85. The zero-order valence-electron chi connectivity index (χ0n) is 12.3. The molecule has 0 amide bonds. The Labute approximate surface area is 121 Å². The maximum atomic E-state index is 14.7. The molecule has 1 saturated carbocycles. The summed E-state index contributed by atoms with van der Waals surface area (Å²) < 4.78 is 45.7. The Morgan fingerprint density at radius 1 is 1.29 bits per heavy atom. The van der Waals surface area contributed by atoms with E-state index in [1.807, 2.05) is 0 Å². The number of hydrogen-bond donors (Lipinski definition) is 0. The minimum absolute atomic E-state index is 0.140. The van der Waals surface area contributed by atoms with Gasteiger partial charge in [0.05, 0.1) is 18.6 Å². The van der Waals surface area contributed by atoms with E-state index in [1.165, 1.54) is 5.06 Å². The van der Waals surface area contributed by atoms with Crippen molar-refractivity contribution in [3.8, 4) is 0 Å². The Balaban J connectivity index is 2.00. The van der Waals surface area contributed by atoms with Gasteiger partial charge in [0.15, 0.2) is 11.9 Å².